The average Bonchev–Trinajstić information content (AvgIpc) is 2.77. The molecule has 0 aromatic carbocycles. The van der Waals surface area contributed by atoms with Gasteiger partial charge in [-0.25, -0.2) is 0 Å². The van der Waals surface area contributed by atoms with Crippen LogP contribution in [0.15, 0.2) is 6.20 Å². The van der Waals surface area contributed by atoms with Crippen LogP contribution in [0.4, 0.5) is 0 Å². The third-order valence-corrected chi connectivity index (χ3v) is 5.96. The van der Waals surface area contributed by atoms with E-state index in [0.29, 0.717) is 23.9 Å². The lowest BCUT2D eigenvalue weighted by molar-refractivity contribution is 0.154. The highest BCUT2D eigenvalue weighted by Crippen LogP contribution is 2.35. The number of methoxy groups -OCH3 is 1. The molecule has 0 saturated carbocycles. The molecule has 2 heterocycles. The van der Waals surface area contributed by atoms with Crippen molar-refractivity contribution >= 4 is 35.1 Å². The molecule has 18 heavy (non-hydrogen) atoms. The van der Waals surface area contributed by atoms with Crippen LogP contribution < -0.4 is 0 Å². The second-order valence-corrected chi connectivity index (χ2v) is 6.93. The van der Waals surface area contributed by atoms with Crippen molar-refractivity contribution in [2.45, 2.75) is 17.9 Å². The zero-order valence-electron chi connectivity index (χ0n) is 10.2. The molecule has 2 atom stereocenters. The van der Waals surface area contributed by atoms with E-state index in [1.54, 1.807) is 18.0 Å². The second kappa shape index (κ2) is 7.05. The zero-order valence-corrected chi connectivity index (χ0v) is 12.6. The zero-order chi connectivity index (χ0) is 13.0. The second-order valence-electron chi connectivity index (χ2n) is 4.02. The minimum Gasteiger partial charge on any atom is -0.386 e. The lowest BCUT2D eigenvalue weighted by Gasteiger charge is -2.26. The van der Waals surface area contributed by atoms with Crippen LogP contribution in [0.2, 0.25) is 5.02 Å². The van der Waals surface area contributed by atoms with E-state index in [4.69, 9.17) is 16.3 Å². The van der Waals surface area contributed by atoms with Crippen LogP contribution in [0.5, 0.6) is 0 Å². The number of aromatic nitrogens is 2. The summed E-state index contributed by atoms with van der Waals surface area (Å²) in [5.74, 6) is 3.19. The van der Waals surface area contributed by atoms with Gasteiger partial charge in [0.05, 0.1) is 30.1 Å². The Morgan fingerprint density at radius 3 is 3.17 bits per heavy atom. The number of thioether (sulfide) groups is 2. The van der Waals surface area contributed by atoms with Crippen LogP contribution in [-0.2, 0) is 11.3 Å². The van der Waals surface area contributed by atoms with Crippen molar-refractivity contribution in [1.29, 1.82) is 0 Å². The summed E-state index contributed by atoms with van der Waals surface area (Å²) >= 11 is 9.83. The summed E-state index contributed by atoms with van der Waals surface area (Å²) in [6, 6.07) is 0. The fourth-order valence-corrected chi connectivity index (χ4v) is 4.86. The van der Waals surface area contributed by atoms with Gasteiger partial charge in [0.25, 0.3) is 0 Å². The first-order chi connectivity index (χ1) is 8.74. The topological polar surface area (TPSA) is 47.3 Å². The van der Waals surface area contributed by atoms with Crippen molar-refractivity contribution in [1.82, 2.24) is 9.78 Å². The Hall–Kier alpha value is 0.120. The van der Waals surface area contributed by atoms with Gasteiger partial charge in [-0.15, -0.1) is 0 Å². The van der Waals surface area contributed by atoms with Gasteiger partial charge in [0.2, 0.25) is 0 Å². The van der Waals surface area contributed by atoms with Gasteiger partial charge in [-0.2, -0.15) is 28.6 Å². The molecule has 1 aromatic rings. The van der Waals surface area contributed by atoms with Gasteiger partial charge in [-0.1, -0.05) is 11.6 Å². The summed E-state index contributed by atoms with van der Waals surface area (Å²) in [5.41, 5.74) is 0.716. The Morgan fingerprint density at radius 2 is 2.50 bits per heavy atom. The number of hydrogen-bond acceptors (Lipinski definition) is 5. The molecule has 1 N–H and O–H groups in total. The standard InChI is InChI=1S/C11H17ClN2O2S2/c1-16-3-2-14-10(8(12)6-13-14)11(15)9-7-17-4-5-18-9/h6,9,11,15H,2-5,7H2,1H3. The van der Waals surface area contributed by atoms with Crippen molar-refractivity contribution in [3.8, 4) is 0 Å². The molecule has 4 nitrogen and oxygen atoms in total. The van der Waals surface area contributed by atoms with Gasteiger partial charge in [-0.05, 0) is 0 Å². The highest BCUT2D eigenvalue weighted by Gasteiger charge is 2.28. The predicted octanol–water partition coefficient (Wildman–Crippen LogP) is 2.06. The minimum atomic E-state index is -0.561. The molecule has 2 rings (SSSR count). The SMILES string of the molecule is COCCn1ncc(Cl)c1C(O)C1CSCCS1. The van der Waals surface area contributed by atoms with E-state index >= 15 is 0 Å². The van der Waals surface area contributed by atoms with E-state index in [2.05, 4.69) is 5.10 Å². The maximum Gasteiger partial charge on any atom is 0.110 e. The van der Waals surface area contributed by atoms with E-state index in [0.717, 1.165) is 17.3 Å². The summed E-state index contributed by atoms with van der Waals surface area (Å²) in [6.07, 6.45) is 1.03. The van der Waals surface area contributed by atoms with E-state index in [9.17, 15) is 5.11 Å². The van der Waals surface area contributed by atoms with Crippen LogP contribution in [0.25, 0.3) is 0 Å². The summed E-state index contributed by atoms with van der Waals surface area (Å²) < 4.78 is 6.79. The summed E-state index contributed by atoms with van der Waals surface area (Å²) in [4.78, 5) is 0. The van der Waals surface area contributed by atoms with E-state index < -0.39 is 6.10 Å². The van der Waals surface area contributed by atoms with Crippen LogP contribution >= 0.6 is 35.1 Å². The number of hydrogen-bond donors (Lipinski definition) is 1. The first-order valence-corrected chi connectivity index (χ1v) is 8.39. The van der Waals surface area contributed by atoms with E-state index in [1.165, 1.54) is 0 Å². The Morgan fingerprint density at radius 1 is 1.67 bits per heavy atom. The molecular formula is C11H17ClN2O2S2. The summed E-state index contributed by atoms with van der Waals surface area (Å²) in [6.45, 7) is 1.17. The Kier molecular flexibility index (Phi) is 5.69. The quantitative estimate of drug-likeness (QED) is 0.902. The largest absolute Gasteiger partial charge is 0.386 e. The van der Waals surface area contributed by atoms with Crippen LogP contribution in [0, 0.1) is 0 Å². The predicted molar refractivity (Wildman–Crippen MR) is 77.6 cm³/mol. The highest BCUT2D eigenvalue weighted by atomic mass is 35.5. The molecule has 1 saturated heterocycles. The number of ether oxygens (including phenoxy) is 1. The molecule has 1 aromatic heterocycles. The Balaban J connectivity index is 2.12. The normalized spacial score (nSPS) is 22.1. The molecule has 1 fully saturated rings. The number of aliphatic hydroxyl groups is 1. The molecule has 7 heteroatoms. The Bertz CT molecular complexity index is 383. The van der Waals surface area contributed by atoms with Crippen LogP contribution in [0.1, 0.15) is 11.8 Å². The van der Waals surface area contributed by atoms with Crippen molar-refractivity contribution in [3.63, 3.8) is 0 Å². The van der Waals surface area contributed by atoms with Gasteiger partial charge in [0.1, 0.15) is 6.10 Å². The molecule has 1 aliphatic rings. The number of halogens is 1. The van der Waals surface area contributed by atoms with E-state index in [-0.39, 0.29) is 5.25 Å². The molecule has 0 amide bonds. The lowest BCUT2D eigenvalue weighted by atomic mass is 10.2. The third kappa shape index (κ3) is 3.36. The molecule has 0 aliphatic carbocycles. The van der Waals surface area contributed by atoms with Gasteiger partial charge >= 0.3 is 0 Å². The minimum absolute atomic E-state index is 0.194. The van der Waals surface area contributed by atoms with Crippen LogP contribution in [-0.4, -0.2) is 51.1 Å². The summed E-state index contributed by atoms with van der Waals surface area (Å²) in [5, 5.41) is 15.4. The maximum absolute atomic E-state index is 10.5. The molecule has 1 aliphatic heterocycles. The van der Waals surface area contributed by atoms with Gasteiger partial charge in [0, 0.05) is 29.6 Å². The summed E-state index contributed by atoms with van der Waals surface area (Å²) in [7, 11) is 1.65. The lowest BCUT2D eigenvalue weighted by Crippen LogP contribution is -2.25. The average molecular weight is 309 g/mol. The first kappa shape index (κ1) is 14.5. The first-order valence-electron chi connectivity index (χ1n) is 5.81. The molecular weight excluding hydrogens is 292 g/mol. The van der Waals surface area contributed by atoms with Gasteiger partial charge < -0.3 is 9.84 Å². The fourth-order valence-electron chi connectivity index (χ4n) is 1.89. The molecule has 0 bridgehead atoms. The number of rotatable bonds is 5. The van der Waals surface area contributed by atoms with Crippen molar-refractivity contribution in [2.75, 3.05) is 31.0 Å². The smallest absolute Gasteiger partial charge is 0.110 e. The van der Waals surface area contributed by atoms with Crippen molar-refractivity contribution in [2.24, 2.45) is 0 Å². The fraction of sp³-hybridized carbons (Fsp3) is 0.727. The molecule has 0 spiro atoms. The monoisotopic (exact) mass is 308 g/mol. The van der Waals surface area contributed by atoms with Crippen LogP contribution in [0.3, 0.4) is 0 Å². The highest BCUT2D eigenvalue weighted by molar-refractivity contribution is 8.06. The van der Waals surface area contributed by atoms with E-state index in [1.807, 2.05) is 23.5 Å². The maximum atomic E-state index is 10.5. The van der Waals surface area contributed by atoms with Crippen molar-refractivity contribution in [3.05, 3.63) is 16.9 Å². The molecule has 102 valence electrons. The Labute approximate surface area is 120 Å². The number of nitrogens with zero attached hydrogens (tertiary/aromatic N) is 2. The van der Waals surface area contributed by atoms with Gasteiger partial charge in [0.15, 0.2) is 0 Å². The van der Waals surface area contributed by atoms with Gasteiger partial charge in [-0.3, -0.25) is 4.68 Å². The van der Waals surface area contributed by atoms with Crippen molar-refractivity contribution < 1.29 is 9.84 Å². The molecule has 0 radical (unpaired) electrons. The number of aliphatic hydroxyl groups excluding tert-OH is 1. The molecule has 2 unspecified atom stereocenters. The third-order valence-electron chi connectivity index (χ3n) is 2.81.